The molecule has 0 fully saturated rings. The highest BCUT2D eigenvalue weighted by Gasteiger charge is 1.72. The third kappa shape index (κ3) is 6.17. The third-order valence-corrected chi connectivity index (χ3v) is 0.940. The Morgan fingerprint density at radius 3 is 1.80 bits per heavy atom. The lowest BCUT2D eigenvalue weighted by Crippen LogP contribution is -1.62. The monoisotopic (exact) mass is 170 g/mol. The van der Waals surface area contributed by atoms with Crippen LogP contribution in [0.4, 0.5) is 0 Å². The van der Waals surface area contributed by atoms with Gasteiger partial charge in [0.05, 0.1) is 0 Å². The fourth-order valence-electron chi connectivity index (χ4n) is 0.534. The first-order valence-corrected chi connectivity index (χ1v) is 6.94. The van der Waals surface area contributed by atoms with E-state index in [4.69, 9.17) is 10.0 Å². The van der Waals surface area contributed by atoms with Crippen molar-refractivity contribution < 1.29 is 0 Å². The number of aryl methyl sites for hydroxylation is 1. The summed E-state index contributed by atoms with van der Waals surface area (Å²) in [6, 6.07) is 10.3. The average molecular weight is 171 g/mol. The summed E-state index contributed by atoms with van der Waals surface area (Å²) in [5.41, 5.74) is 1.32. The largest absolute Gasteiger partial charge is 0.373 e. The summed E-state index contributed by atoms with van der Waals surface area (Å²) >= 11 is -0.111. The van der Waals surface area contributed by atoms with Crippen molar-refractivity contribution >= 4 is 24.3 Å². The van der Waals surface area contributed by atoms with Crippen molar-refractivity contribution in [3.63, 3.8) is 0 Å². The van der Waals surface area contributed by atoms with E-state index in [0.717, 1.165) is 0 Å². The van der Waals surface area contributed by atoms with Crippen LogP contribution in [0.5, 0.6) is 0 Å². The van der Waals surface area contributed by atoms with E-state index < -0.39 is 0 Å². The van der Waals surface area contributed by atoms with Crippen molar-refractivity contribution in [1.29, 1.82) is 0 Å². The summed E-state index contributed by atoms with van der Waals surface area (Å²) in [5.74, 6) is 2.03. The van der Waals surface area contributed by atoms with Gasteiger partial charge in [0, 0.05) is 0 Å². The minimum atomic E-state index is -0.111. The van der Waals surface area contributed by atoms with E-state index in [9.17, 15) is 0 Å². The number of halogens is 1. The third-order valence-electron chi connectivity index (χ3n) is 0.940. The molecule has 0 aliphatic heterocycles. The summed E-state index contributed by atoms with van der Waals surface area (Å²) in [6.07, 6.45) is 0. The Morgan fingerprint density at radius 2 is 1.60 bits per heavy atom. The molecule has 1 aromatic carbocycles. The lowest BCUT2D eigenvalue weighted by Gasteiger charge is -1.82. The highest BCUT2D eigenvalue weighted by Crippen LogP contribution is 1.92. The maximum Gasteiger partial charge on any atom is 0.373 e. The first-order valence-electron chi connectivity index (χ1n) is 3.39. The Kier molecular flexibility index (Phi) is 7.18. The molecule has 0 bridgehead atoms. The van der Waals surface area contributed by atoms with Crippen molar-refractivity contribution in [3.05, 3.63) is 35.9 Å². The number of rotatable bonds is 0. The first-order chi connectivity index (χ1) is 4.81. The molecule has 1 rings (SSSR count). The highest BCUT2D eigenvalue weighted by molar-refractivity contribution is 6.92. The molecule has 2 heteroatoms. The van der Waals surface area contributed by atoms with Crippen LogP contribution in [0.2, 0.25) is 5.79 Å². The molecule has 1 aromatic rings. The molecular weight excluding hydrogens is 159 g/mol. The molecule has 0 amide bonds. The average Bonchev–Trinajstić information content (AvgIpc) is 1.91. The minimum Gasteiger partial charge on any atom is -0.268 e. The molecule has 0 heterocycles. The van der Waals surface area contributed by atoms with Gasteiger partial charge in [-0.05, 0) is 6.92 Å². The van der Waals surface area contributed by atoms with Crippen LogP contribution in [-0.4, -0.2) is 14.3 Å². The van der Waals surface area contributed by atoms with E-state index >= 15 is 0 Å². The zero-order chi connectivity index (χ0) is 7.82. The SMILES string of the molecule is Cc1ccccc1.[CH3][AlH][Cl]. The fourth-order valence-corrected chi connectivity index (χ4v) is 0.534. The van der Waals surface area contributed by atoms with E-state index in [1.807, 2.05) is 24.0 Å². The second kappa shape index (κ2) is 7.15. The molecule has 0 saturated heterocycles. The summed E-state index contributed by atoms with van der Waals surface area (Å²) in [6.45, 7) is 2.08. The van der Waals surface area contributed by atoms with Crippen molar-refractivity contribution in [2.75, 3.05) is 0 Å². The summed E-state index contributed by atoms with van der Waals surface area (Å²) in [5, 5.41) is 0. The van der Waals surface area contributed by atoms with Gasteiger partial charge in [-0.3, -0.25) is 10.0 Å². The molecule has 0 aliphatic carbocycles. The molecule has 0 aliphatic rings. The van der Waals surface area contributed by atoms with E-state index in [0.29, 0.717) is 0 Å². The molecular formula is C8H12AlCl. The molecule has 10 heavy (non-hydrogen) atoms. The van der Waals surface area contributed by atoms with Gasteiger partial charge in [0.2, 0.25) is 0 Å². The number of hydrogen-bond donors (Lipinski definition) is 0. The van der Waals surface area contributed by atoms with E-state index in [-0.39, 0.29) is 14.3 Å². The van der Waals surface area contributed by atoms with E-state index in [1.165, 1.54) is 5.56 Å². The molecule has 0 saturated carbocycles. The summed E-state index contributed by atoms with van der Waals surface area (Å²) in [4.78, 5) is 0. The van der Waals surface area contributed by atoms with Crippen LogP contribution in [0.15, 0.2) is 30.3 Å². The molecule has 0 nitrogen and oxygen atoms in total. The van der Waals surface area contributed by atoms with E-state index in [1.54, 1.807) is 0 Å². The van der Waals surface area contributed by atoms with Gasteiger partial charge in [0.15, 0.2) is 0 Å². The van der Waals surface area contributed by atoms with Crippen LogP contribution >= 0.6 is 10.0 Å². The molecule has 0 radical (unpaired) electrons. The minimum absolute atomic E-state index is 0.111. The zero-order valence-corrected chi connectivity index (χ0v) is 8.64. The summed E-state index contributed by atoms with van der Waals surface area (Å²) in [7, 11) is 5.14. The van der Waals surface area contributed by atoms with Gasteiger partial charge >= 0.3 is 14.3 Å². The molecule has 0 unspecified atom stereocenters. The van der Waals surface area contributed by atoms with Crippen molar-refractivity contribution in [2.45, 2.75) is 12.7 Å². The topological polar surface area (TPSA) is 0 Å². The predicted molar refractivity (Wildman–Crippen MR) is 50.0 cm³/mol. The Labute approximate surface area is 73.1 Å². The van der Waals surface area contributed by atoms with Gasteiger partial charge in [-0.15, -0.1) is 0 Å². The maximum atomic E-state index is 5.14. The lowest BCUT2D eigenvalue weighted by molar-refractivity contribution is 1.48. The normalized spacial score (nSPS) is 7.50. The fraction of sp³-hybridized carbons (Fsp3) is 0.250. The molecule has 0 spiro atoms. The van der Waals surface area contributed by atoms with Crippen LogP contribution in [0, 0.1) is 6.92 Å². The summed E-state index contributed by atoms with van der Waals surface area (Å²) < 4.78 is 0. The molecule has 0 N–H and O–H groups in total. The Balaban J connectivity index is 0.000000236. The Morgan fingerprint density at radius 1 is 1.20 bits per heavy atom. The van der Waals surface area contributed by atoms with Crippen LogP contribution in [0.25, 0.3) is 0 Å². The van der Waals surface area contributed by atoms with Crippen LogP contribution in [0.3, 0.4) is 0 Å². The smallest absolute Gasteiger partial charge is 0.268 e. The van der Waals surface area contributed by atoms with Crippen LogP contribution in [-0.2, 0) is 0 Å². The van der Waals surface area contributed by atoms with Crippen LogP contribution < -0.4 is 0 Å². The molecule has 0 atom stereocenters. The first kappa shape index (κ1) is 10.0. The second-order valence-electron chi connectivity index (χ2n) is 1.92. The highest BCUT2D eigenvalue weighted by atomic mass is 35.6. The lowest BCUT2D eigenvalue weighted by atomic mass is 10.2. The second-order valence-corrected chi connectivity index (χ2v) is 4.06. The van der Waals surface area contributed by atoms with Gasteiger partial charge in [0.25, 0.3) is 0 Å². The zero-order valence-electron chi connectivity index (χ0n) is 6.47. The molecule has 54 valence electrons. The molecule has 0 aromatic heterocycles. The van der Waals surface area contributed by atoms with Gasteiger partial charge in [-0.2, -0.15) is 0 Å². The van der Waals surface area contributed by atoms with Crippen LogP contribution in [0.1, 0.15) is 5.56 Å². The van der Waals surface area contributed by atoms with Gasteiger partial charge < -0.3 is 0 Å². The Bertz CT molecular complexity index is 151. The standard InChI is InChI=1S/C7H8.CH3.Al.ClH.H/c1-7-5-3-2-4-6-7;;;;/h2-6H,1H3;1H3;;1H;/q;;+1;;/p-1. The van der Waals surface area contributed by atoms with Gasteiger partial charge in [-0.25, -0.2) is 0 Å². The predicted octanol–water partition coefficient (Wildman–Crippen LogP) is 2.62. The maximum absolute atomic E-state index is 5.14. The van der Waals surface area contributed by atoms with Gasteiger partial charge in [-0.1, -0.05) is 41.7 Å². The van der Waals surface area contributed by atoms with E-state index in [2.05, 4.69) is 19.1 Å². The number of hydrogen-bond acceptors (Lipinski definition) is 0. The Hall–Kier alpha value is 0.0425. The van der Waals surface area contributed by atoms with Crippen molar-refractivity contribution in [3.8, 4) is 0 Å². The van der Waals surface area contributed by atoms with Crippen molar-refractivity contribution in [1.82, 2.24) is 0 Å². The number of benzene rings is 1. The quantitative estimate of drug-likeness (QED) is 0.525. The van der Waals surface area contributed by atoms with Gasteiger partial charge in [0.1, 0.15) is 0 Å². The van der Waals surface area contributed by atoms with Crippen molar-refractivity contribution in [2.24, 2.45) is 0 Å².